The minimum Gasteiger partial charge on any atom is -0.468 e. The second-order valence-corrected chi connectivity index (χ2v) is 5.96. The summed E-state index contributed by atoms with van der Waals surface area (Å²) in [6.45, 7) is 5.06. The van der Waals surface area contributed by atoms with E-state index in [1.807, 2.05) is 0 Å². The van der Waals surface area contributed by atoms with Gasteiger partial charge in [-0.05, 0) is 26.3 Å². The normalized spacial score (nSPS) is 18.8. The lowest BCUT2D eigenvalue weighted by atomic mass is 9.94. The van der Waals surface area contributed by atoms with Crippen LogP contribution in [0.1, 0.15) is 52.4 Å². The van der Waals surface area contributed by atoms with E-state index in [-0.39, 0.29) is 12.0 Å². The molecule has 0 radical (unpaired) electrons. The summed E-state index contributed by atoms with van der Waals surface area (Å²) in [6, 6.07) is 0.811. The second-order valence-electron chi connectivity index (χ2n) is 5.96. The van der Waals surface area contributed by atoms with Gasteiger partial charge in [0.1, 0.15) is 6.04 Å². The zero-order chi connectivity index (χ0) is 14.3. The molecular weight excluding hydrogens is 240 g/mol. The van der Waals surface area contributed by atoms with E-state index in [1.165, 1.54) is 39.2 Å². The Labute approximate surface area is 117 Å². The number of nitrogens with one attached hydrogen (secondary N) is 1. The Morgan fingerprint density at radius 1 is 1.32 bits per heavy atom. The van der Waals surface area contributed by atoms with Gasteiger partial charge in [-0.25, -0.2) is 0 Å². The quantitative estimate of drug-likeness (QED) is 0.720. The maximum absolute atomic E-state index is 11.7. The Morgan fingerprint density at radius 3 is 2.47 bits per heavy atom. The number of carbonyl (C=O) groups excluding carboxylic acids is 1. The first kappa shape index (κ1) is 16.4. The highest BCUT2D eigenvalue weighted by atomic mass is 16.5. The molecule has 0 aromatic rings. The number of methoxy groups -OCH3 is 1. The largest absolute Gasteiger partial charge is 0.468 e. The molecule has 1 saturated carbocycles. The summed E-state index contributed by atoms with van der Waals surface area (Å²) in [7, 11) is 3.64. The molecule has 4 heteroatoms. The van der Waals surface area contributed by atoms with E-state index in [4.69, 9.17) is 4.74 Å². The number of esters is 1. The predicted molar refractivity (Wildman–Crippen MR) is 78.2 cm³/mol. The molecule has 4 nitrogen and oxygen atoms in total. The van der Waals surface area contributed by atoms with Crippen LogP contribution in [0.15, 0.2) is 0 Å². The van der Waals surface area contributed by atoms with Crippen molar-refractivity contribution < 1.29 is 9.53 Å². The van der Waals surface area contributed by atoms with Crippen LogP contribution >= 0.6 is 0 Å². The first-order valence-electron chi connectivity index (χ1n) is 7.58. The molecule has 1 rings (SSSR count). The van der Waals surface area contributed by atoms with E-state index in [0.29, 0.717) is 12.1 Å². The minimum atomic E-state index is -0.184. The van der Waals surface area contributed by atoms with Crippen molar-refractivity contribution in [1.82, 2.24) is 10.2 Å². The molecule has 0 saturated heterocycles. The van der Waals surface area contributed by atoms with E-state index in [9.17, 15) is 4.79 Å². The van der Waals surface area contributed by atoms with Crippen LogP contribution in [-0.2, 0) is 9.53 Å². The number of hydrogen-bond acceptors (Lipinski definition) is 4. The lowest BCUT2D eigenvalue weighted by Gasteiger charge is -2.32. The monoisotopic (exact) mass is 270 g/mol. The molecule has 19 heavy (non-hydrogen) atoms. The molecule has 0 aliphatic heterocycles. The van der Waals surface area contributed by atoms with Crippen LogP contribution in [0.4, 0.5) is 0 Å². The van der Waals surface area contributed by atoms with Crippen molar-refractivity contribution in [2.75, 3.05) is 20.7 Å². The van der Waals surface area contributed by atoms with Crippen LogP contribution in [0, 0.1) is 0 Å². The van der Waals surface area contributed by atoms with E-state index in [2.05, 4.69) is 31.1 Å². The third-order valence-corrected chi connectivity index (χ3v) is 3.99. The van der Waals surface area contributed by atoms with Gasteiger partial charge in [0.15, 0.2) is 0 Å². The minimum absolute atomic E-state index is 0.147. The molecule has 1 unspecified atom stereocenters. The molecule has 1 atom stereocenters. The number of ether oxygens (including phenoxy) is 1. The Morgan fingerprint density at radius 2 is 1.95 bits per heavy atom. The zero-order valence-corrected chi connectivity index (χ0v) is 12.9. The van der Waals surface area contributed by atoms with Gasteiger partial charge in [-0.1, -0.05) is 33.1 Å². The summed E-state index contributed by atoms with van der Waals surface area (Å²) in [5, 5.41) is 3.29. The smallest absolute Gasteiger partial charge is 0.322 e. The summed E-state index contributed by atoms with van der Waals surface area (Å²) in [6.07, 6.45) is 7.50. The second kappa shape index (κ2) is 8.54. The molecule has 1 N–H and O–H groups in total. The van der Waals surface area contributed by atoms with Crippen molar-refractivity contribution in [2.24, 2.45) is 0 Å². The topological polar surface area (TPSA) is 41.6 Å². The standard InChI is InChI=1S/C15H30N2O2/c1-12(2)16-14(15(18)19-4)10-11-17(3)13-8-6-5-7-9-13/h12-14,16H,5-11H2,1-4H3. The van der Waals surface area contributed by atoms with Gasteiger partial charge in [0.2, 0.25) is 0 Å². The average Bonchev–Trinajstić information content (AvgIpc) is 2.42. The molecule has 0 spiro atoms. The first-order valence-corrected chi connectivity index (χ1v) is 7.58. The van der Waals surface area contributed by atoms with E-state index in [0.717, 1.165) is 13.0 Å². The van der Waals surface area contributed by atoms with Crippen molar-refractivity contribution in [3.8, 4) is 0 Å². The highest BCUT2D eigenvalue weighted by molar-refractivity contribution is 5.75. The van der Waals surface area contributed by atoms with Gasteiger partial charge in [-0.3, -0.25) is 4.79 Å². The Balaban J connectivity index is 2.38. The SMILES string of the molecule is COC(=O)C(CCN(C)C1CCCCC1)NC(C)C. The third-order valence-electron chi connectivity index (χ3n) is 3.99. The van der Waals surface area contributed by atoms with Crippen LogP contribution in [0.2, 0.25) is 0 Å². The Hall–Kier alpha value is -0.610. The number of rotatable bonds is 7. The predicted octanol–water partition coefficient (Wildman–Crippen LogP) is 2.18. The van der Waals surface area contributed by atoms with E-state index < -0.39 is 0 Å². The van der Waals surface area contributed by atoms with Gasteiger partial charge < -0.3 is 15.0 Å². The average molecular weight is 270 g/mol. The van der Waals surface area contributed by atoms with Crippen LogP contribution < -0.4 is 5.32 Å². The summed E-state index contributed by atoms with van der Waals surface area (Å²) in [5.41, 5.74) is 0. The number of nitrogens with zero attached hydrogens (tertiary/aromatic N) is 1. The first-order chi connectivity index (χ1) is 9.04. The van der Waals surface area contributed by atoms with Gasteiger partial charge in [-0.15, -0.1) is 0 Å². The van der Waals surface area contributed by atoms with Crippen molar-refractivity contribution in [3.63, 3.8) is 0 Å². The van der Waals surface area contributed by atoms with Crippen molar-refractivity contribution in [1.29, 1.82) is 0 Å². The fourth-order valence-electron chi connectivity index (χ4n) is 2.85. The van der Waals surface area contributed by atoms with Gasteiger partial charge in [0.25, 0.3) is 0 Å². The highest BCUT2D eigenvalue weighted by Gasteiger charge is 2.23. The zero-order valence-electron chi connectivity index (χ0n) is 12.9. The van der Waals surface area contributed by atoms with Crippen molar-refractivity contribution >= 4 is 5.97 Å². The maximum Gasteiger partial charge on any atom is 0.322 e. The molecule has 0 bridgehead atoms. The van der Waals surface area contributed by atoms with E-state index in [1.54, 1.807) is 0 Å². The lowest BCUT2D eigenvalue weighted by Crippen LogP contribution is -2.44. The summed E-state index contributed by atoms with van der Waals surface area (Å²) < 4.78 is 4.87. The molecule has 0 aromatic carbocycles. The summed E-state index contributed by atoms with van der Waals surface area (Å²) in [5.74, 6) is -0.147. The van der Waals surface area contributed by atoms with Crippen LogP contribution in [0.5, 0.6) is 0 Å². The molecule has 1 fully saturated rings. The third kappa shape index (κ3) is 5.91. The summed E-state index contributed by atoms with van der Waals surface area (Å²) in [4.78, 5) is 14.1. The number of carbonyl (C=O) groups is 1. The van der Waals surface area contributed by atoms with Gasteiger partial charge >= 0.3 is 5.97 Å². The highest BCUT2D eigenvalue weighted by Crippen LogP contribution is 2.21. The Kier molecular flexibility index (Phi) is 7.39. The molecule has 112 valence electrons. The summed E-state index contributed by atoms with van der Waals surface area (Å²) >= 11 is 0. The maximum atomic E-state index is 11.7. The fraction of sp³-hybridized carbons (Fsp3) is 0.933. The Bertz CT molecular complexity index is 263. The van der Waals surface area contributed by atoms with Crippen molar-refractivity contribution in [3.05, 3.63) is 0 Å². The van der Waals surface area contributed by atoms with Gasteiger partial charge in [-0.2, -0.15) is 0 Å². The molecule has 0 heterocycles. The molecule has 0 amide bonds. The lowest BCUT2D eigenvalue weighted by molar-refractivity contribution is -0.143. The van der Waals surface area contributed by atoms with Gasteiger partial charge in [0, 0.05) is 18.6 Å². The molecule has 0 aromatic heterocycles. The molecule has 1 aliphatic carbocycles. The van der Waals surface area contributed by atoms with Gasteiger partial charge in [0.05, 0.1) is 7.11 Å². The number of hydrogen-bond donors (Lipinski definition) is 1. The van der Waals surface area contributed by atoms with Crippen LogP contribution in [0.25, 0.3) is 0 Å². The van der Waals surface area contributed by atoms with Crippen LogP contribution in [0.3, 0.4) is 0 Å². The van der Waals surface area contributed by atoms with Crippen LogP contribution in [-0.4, -0.2) is 49.7 Å². The van der Waals surface area contributed by atoms with E-state index >= 15 is 0 Å². The molecule has 1 aliphatic rings. The van der Waals surface area contributed by atoms with Crippen molar-refractivity contribution in [2.45, 2.75) is 70.5 Å². The fourth-order valence-corrected chi connectivity index (χ4v) is 2.85. The molecular formula is C15H30N2O2.